The number of hydrogen-bond donors (Lipinski definition) is 0. The zero-order valence-electron chi connectivity index (χ0n) is 18.7. The highest BCUT2D eigenvalue weighted by molar-refractivity contribution is 7.91. The van der Waals surface area contributed by atoms with Crippen molar-refractivity contribution in [1.82, 2.24) is 9.97 Å². The van der Waals surface area contributed by atoms with Crippen LogP contribution in [-0.4, -0.2) is 44.3 Å². The lowest BCUT2D eigenvalue weighted by molar-refractivity contribution is -0.118. The number of aromatic nitrogens is 2. The van der Waals surface area contributed by atoms with Crippen molar-refractivity contribution in [3.63, 3.8) is 0 Å². The number of amides is 1. The van der Waals surface area contributed by atoms with Crippen LogP contribution in [0.5, 0.6) is 11.5 Å². The van der Waals surface area contributed by atoms with Gasteiger partial charge in [-0.2, -0.15) is 0 Å². The summed E-state index contributed by atoms with van der Waals surface area (Å²) in [6, 6.07) is 15.3. The minimum atomic E-state index is -3.60. The third kappa shape index (κ3) is 5.18. The molecule has 34 heavy (non-hydrogen) atoms. The summed E-state index contributed by atoms with van der Waals surface area (Å²) in [6.45, 7) is 0.214. The molecule has 0 aliphatic heterocycles. The first-order valence-electron chi connectivity index (χ1n) is 10.4. The van der Waals surface area contributed by atoms with Gasteiger partial charge in [-0.15, -0.1) is 0 Å². The van der Waals surface area contributed by atoms with E-state index < -0.39 is 9.84 Å². The van der Waals surface area contributed by atoms with Crippen molar-refractivity contribution in [3.8, 4) is 11.5 Å². The number of rotatable bonds is 9. The Hall–Kier alpha value is -3.50. The van der Waals surface area contributed by atoms with Crippen molar-refractivity contribution < 1.29 is 22.7 Å². The molecule has 2 aromatic carbocycles. The van der Waals surface area contributed by atoms with E-state index >= 15 is 0 Å². The molecule has 0 radical (unpaired) electrons. The van der Waals surface area contributed by atoms with E-state index in [-0.39, 0.29) is 29.5 Å². The highest BCUT2D eigenvalue weighted by atomic mass is 32.2. The Morgan fingerprint density at radius 2 is 1.76 bits per heavy atom. The molecule has 4 rings (SSSR count). The minimum absolute atomic E-state index is 0.180. The molecule has 1 amide bonds. The largest absolute Gasteiger partial charge is 0.493 e. The van der Waals surface area contributed by atoms with Gasteiger partial charge in [-0.25, -0.2) is 13.4 Å². The molecule has 0 saturated heterocycles. The van der Waals surface area contributed by atoms with Crippen LogP contribution in [-0.2, 0) is 21.2 Å². The molecule has 176 valence electrons. The molecular formula is C24H23N3O5S2. The topological polar surface area (TPSA) is 98.7 Å². The predicted molar refractivity (Wildman–Crippen MR) is 131 cm³/mol. The molecule has 0 saturated carbocycles. The van der Waals surface area contributed by atoms with Crippen LogP contribution in [0.15, 0.2) is 71.9 Å². The molecule has 10 heteroatoms. The Kier molecular flexibility index (Phi) is 7.09. The lowest BCUT2D eigenvalue weighted by Gasteiger charge is -2.20. The average molecular weight is 498 g/mol. The highest BCUT2D eigenvalue weighted by Crippen LogP contribution is 2.37. The molecule has 0 fully saturated rings. The molecule has 0 atom stereocenters. The Bertz CT molecular complexity index is 1350. The molecule has 0 aliphatic carbocycles. The summed E-state index contributed by atoms with van der Waals surface area (Å²) in [6.07, 6.45) is 3.14. The third-order valence-corrected chi connectivity index (χ3v) is 7.94. The number of thiazole rings is 1. The third-order valence-electron chi connectivity index (χ3n) is 5.16. The molecule has 4 aromatic rings. The fourth-order valence-corrected chi connectivity index (χ4v) is 5.64. The smallest absolute Gasteiger partial charge is 0.230 e. The van der Waals surface area contributed by atoms with E-state index in [0.29, 0.717) is 22.1 Å². The van der Waals surface area contributed by atoms with Crippen molar-refractivity contribution in [2.75, 3.05) is 24.9 Å². The summed E-state index contributed by atoms with van der Waals surface area (Å²) in [5.41, 5.74) is 1.45. The van der Waals surface area contributed by atoms with Gasteiger partial charge in [-0.1, -0.05) is 35.6 Å². The van der Waals surface area contributed by atoms with Crippen LogP contribution in [0.2, 0.25) is 0 Å². The number of hydrogen-bond acceptors (Lipinski definition) is 8. The van der Waals surface area contributed by atoms with Crippen molar-refractivity contribution in [1.29, 1.82) is 0 Å². The zero-order chi connectivity index (χ0) is 24.1. The van der Waals surface area contributed by atoms with E-state index in [9.17, 15) is 13.2 Å². The van der Waals surface area contributed by atoms with Crippen LogP contribution >= 0.6 is 11.3 Å². The van der Waals surface area contributed by atoms with E-state index in [2.05, 4.69) is 9.97 Å². The van der Waals surface area contributed by atoms with Gasteiger partial charge in [0.2, 0.25) is 5.91 Å². The molecular weight excluding hydrogens is 474 g/mol. The number of pyridine rings is 1. The Labute approximate surface area is 201 Å². The van der Waals surface area contributed by atoms with Gasteiger partial charge < -0.3 is 9.47 Å². The lowest BCUT2D eigenvalue weighted by atomic mass is 10.2. The SMILES string of the molecule is COc1cc2nc(N(Cc3cccnc3)C(=O)CCS(=O)(=O)c3ccccc3)sc2cc1OC. The summed E-state index contributed by atoms with van der Waals surface area (Å²) in [4.78, 5) is 23.8. The van der Waals surface area contributed by atoms with Crippen LogP contribution in [0.1, 0.15) is 12.0 Å². The van der Waals surface area contributed by atoms with E-state index in [0.717, 1.165) is 10.3 Å². The maximum absolute atomic E-state index is 13.3. The van der Waals surface area contributed by atoms with Gasteiger partial charge in [0, 0.05) is 30.9 Å². The number of methoxy groups -OCH3 is 2. The zero-order valence-corrected chi connectivity index (χ0v) is 20.3. The van der Waals surface area contributed by atoms with Gasteiger partial charge in [0.1, 0.15) is 0 Å². The number of fused-ring (bicyclic) bond motifs is 1. The molecule has 8 nitrogen and oxygen atoms in total. The van der Waals surface area contributed by atoms with E-state index in [1.165, 1.54) is 28.4 Å². The number of carbonyl (C=O) groups excluding carboxylic acids is 1. The number of nitrogens with zero attached hydrogens (tertiary/aromatic N) is 3. The van der Waals surface area contributed by atoms with Gasteiger partial charge in [0.05, 0.1) is 41.6 Å². The summed E-state index contributed by atoms with van der Waals surface area (Å²) in [7, 11) is -0.500. The molecule has 2 aromatic heterocycles. The Balaban J connectivity index is 1.65. The molecule has 0 spiro atoms. The summed E-state index contributed by atoms with van der Waals surface area (Å²) >= 11 is 1.32. The van der Waals surface area contributed by atoms with Crippen molar-refractivity contribution in [2.24, 2.45) is 0 Å². The maximum atomic E-state index is 13.3. The second-order valence-corrected chi connectivity index (χ2v) is 10.5. The van der Waals surface area contributed by atoms with E-state index in [1.54, 1.807) is 56.9 Å². The molecule has 2 heterocycles. The second-order valence-electron chi connectivity index (χ2n) is 7.39. The monoisotopic (exact) mass is 497 g/mol. The molecule has 0 aliphatic rings. The quantitative estimate of drug-likeness (QED) is 0.343. The van der Waals surface area contributed by atoms with E-state index in [1.807, 2.05) is 12.1 Å². The minimum Gasteiger partial charge on any atom is -0.493 e. The van der Waals surface area contributed by atoms with Crippen LogP contribution in [0.4, 0.5) is 5.13 Å². The Morgan fingerprint density at radius 3 is 2.44 bits per heavy atom. The molecule has 0 bridgehead atoms. The Morgan fingerprint density at radius 1 is 1.03 bits per heavy atom. The van der Waals surface area contributed by atoms with Gasteiger partial charge >= 0.3 is 0 Å². The first-order chi connectivity index (χ1) is 16.4. The average Bonchev–Trinajstić information content (AvgIpc) is 3.28. The number of ether oxygens (including phenoxy) is 2. The summed E-state index contributed by atoms with van der Waals surface area (Å²) in [5, 5.41) is 0.455. The van der Waals surface area contributed by atoms with Gasteiger partial charge in [-0.3, -0.25) is 14.7 Å². The summed E-state index contributed by atoms with van der Waals surface area (Å²) in [5.74, 6) is 0.447. The first kappa shape index (κ1) is 23.7. The van der Waals surface area contributed by atoms with Crippen molar-refractivity contribution in [2.45, 2.75) is 17.9 Å². The number of anilines is 1. The maximum Gasteiger partial charge on any atom is 0.230 e. The molecule has 0 unspecified atom stereocenters. The number of sulfone groups is 1. The first-order valence-corrected chi connectivity index (χ1v) is 12.9. The summed E-state index contributed by atoms with van der Waals surface area (Å²) < 4.78 is 37.0. The van der Waals surface area contributed by atoms with Crippen molar-refractivity contribution in [3.05, 3.63) is 72.6 Å². The number of carbonyl (C=O) groups is 1. The fourth-order valence-electron chi connectivity index (χ4n) is 3.40. The van der Waals surface area contributed by atoms with Crippen LogP contribution in [0, 0.1) is 0 Å². The highest BCUT2D eigenvalue weighted by Gasteiger charge is 2.24. The lowest BCUT2D eigenvalue weighted by Crippen LogP contribution is -2.31. The van der Waals surface area contributed by atoms with Gasteiger partial charge in [0.25, 0.3) is 0 Å². The number of benzene rings is 2. The van der Waals surface area contributed by atoms with Gasteiger partial charge in [-0.05, 0) is 23.8 Å². The fraction of sp³-hybridized carbons (Fsp3) is 0.208. The van der Waals surface area contributed by atoms with Crippen molar-refractivity contribution >= 4 is 42.4 Å². The second kappa shape index (κ2) is 10.2. The molecule has 0 N–H and O–H groups in total. The van der Waals surface area contributed by atoms with Crippen LogP contribution < -0.4 is 14.4 Å². The standard InChI is InChI=1S/C24H23N3O5S2/c1-31-20-13-19-22(14-21(20)32-2)33-24(26-19)27(16-17-7-6-11-25-15-17)23(28)10-12-34(29,30)18-8-4-3-5-9-18/h3-9,11,13-15H,10,12,16H2,1-2H3. The van der Waals surface area contributed by atoms with Gasteiger partial charge in [0.15, 0.2) is 26.5 Å². The van der Waals surface area contributed by atoms with E-state index in [4.69, 9.17) is 9.47 Å². The predicted octanol–water partition coefficient (Wildman–Crippen LogP) is 4.11. The van der Waals surface area contributed by atoms with Crippen LogP contribution in [0.3, 0.4) is 0 Å². The normalized spacial score (nSPS) is 11.4. The van der Waals surface area contributed by atoms with Crippen LogP contribution in [0.25, 0.3) is 10.2 Å².